The number of benzene rings is 2. The molecule has 2 aromatic carbocycles. The van der Waals surface area contributed by atoms with Gasteiger partial charge in [-0.15, -0.1) is 0 Å². The molecule has 0 radical (unpaired) electrons. The van der Waals surface area contributed by atoms with E-state index in [9.17, 15) is 9.59 Å². The van der Waals surface area contributed by atoms with Gasteiger partial charge in [-0.05, 0) is 43.5 Å². The number of carbonyl (C=O) groups is 2. The van der Waals surface area contributed by atoms with E-state index in [0.29, 0.717) is 12.1 Å². The van der Waals surface area contributed by atoms with E-state index < -0.39 is 5.97 Å². The third-order valence-corrected chi connectivity index (χ3v) is 4.12. The van der Waals surface area contributed by atoms with Crippen molar-refractivity contribution in [1.29, 1.82) is 0 Å². The van der Waals surface area contributed by atoms with Crippen molar-refractivity contribution in [3.63, 3.8) is 0 Å². The second kappa shape index (κ2) is 6.24. The number of ether oxygens (including phenoxy) is 1. The molecule has 118 valence electrons. The summed E-state index contributed by atoms with van der Waals surface area (Å²) in [5, 5.41) is 0. The van der Waals surface area contributed by atoms with E-state index in [-0.39, 0.29) is 12.5 Å². The van der Waals surface area contributed by atoms with Crippen molar-refractivity contribution in [2.45, 2.75) is 20.3 Å². The largest absolute Gasteiger partial charge is 0.452 e. The Morgan fingerprint density at radius 2 is 1.91 bits per heavy atom. The molecule has 0 atom stereocenters. The summed E-state index contributed by atoms with van der Waals surface area (Å²) in [6.07, 6.45) is 0.840. The molecule has 0 unspecified atom stereocenters. The number of aryl methyl sites for hydroxylation is 2. The molecule has 1 aliphatic rings. The third kappa shape index (κ3) is 3.11. The van der Waals surface area contributed by atoms with E-state index in [1.165, 1.54) is 0 Å². The first-order valence-electron chi connectivity index (χ1n) is 7.69. The summed E-state index contributed by atoms with van der Waals surface area (Å²) in [5.41, 5.74) is 4.52. The minimum atomic E-state index is -0.455. The number of amides is 1. The smallest absolute Gasteiger partial charge is 0.338 e. The molecule has 0 N–H and O–H groups in total. The monoisotopic (exact) mass is 309 g/mol. The maximum Gasteiger partial charge on any atom is 0.338 e. The van der Waals surface area contributed by atoms with Gasteiger partial charge in [-0.1, -0.05) is 35.9 Å². The minimum absolute atomic E-state index is 0.187. The number of nitrogens with zero attached hydrogens (tertiary/aromatic N) is 1. The molecule has 0 fully saturated rings. The Bertz CT molecular complexity index is 767. The van der Waals surface area contributed by atoms with Crippen LogP contribution in [0.2, 0.25) is 0 Å². The van der Waals surface area contributed by atoms with Gasteiger partial charge in [0.1, 0.15) is 0 Å². The highest BCUT2D eigenvalue weighted by Crippen LogP contribution is 2.27. The summed E-state index contributed by atoms with van der Waals surface area (Å²) in [7, 11) is 0. The molecular weight excluding hydrogens is 290 g/mol. The molecule has 4 nitrogen and oxygen atoms in total. The standard InChI is InChI=1S/C19H19NO3/c1-13-7-8-16(14(2)11-13)19(22)23-12-18(21)20-10-9-15-5-3-4-6-17(15)20/h3-8,11H,9-10,12H2,1-2H3. The van der Waals surface area contributed by atoms with Crippen molar-refractivity contribution in [3.8, 4) is 0 Å². The van der Waals surface area contributed by atoms with Crippen LogP contribution in [0.4, 0.5) is 5.69 Å². The fourth-order valence-electron chi connectivity index (χ4n) is 2.92. The molecule has 0 saturated heterocycles. The highest BCUT2D eigenvalue weighted by atomic mass is 16.5. The SMILES string of the molecule is Cc1ccc(C(=O)OCC(=O)N2CCc3ccccc32)c(C)c1. The van der Waals surface area contributed by atoms with Crippen LogP contribution >= 0.6 is 0 Å². The Hall–Kier alpha value is -2.62. The summed E-state index contributed by atoms with van der Waals surface area (Å²) < 4.78 is 5.21. The van der Waals surface area contributed by atoms with Crippen molar-refractivity contribution in [2.24, 2.45) is 0 Å². The Balaban J connectivity index is 1.65. The molecule has 0 aromatic heterocycles. The van der Waals surface area contributed by atoms with Gasteiger partial charge in [-0.25, -0.2) is 4.79 Å². The van der Waals surface area contributed by atoms with Crippen molar-refractivity contribution in [3.05, 3.63) is 64.7 Å². The predicted octanol–water partition coefficient (Wildman–Crippen LogP) is 3.05. The minimum Gasteiger partial charge on any atom is -0.452 e. The maximum atomic E-state index is 12.3. The number of hydrogen-bond donors (Lipinski definition) is 0. The van der Waals surface area contributed by atoms with Crippen molar-refractivity contribution in [2.75, 3.05) is 18.1 Å². The van der Waals surface area contributed by atoms with E-state index in [2.05, 4.69) is 0 Å². The molecule has 0 bridgehead atoms. The topological polar surface area (TPSA) is 46.6 Å². The van der Waals surface area contributed by atoms with Gasteiger partial charge in [0.2, 0.25) is 0 Å². The lowest BCUT2D eigenvalue weighted by Gasteiger charge is -2.17. The quantitative estimate of drug-likeness (QED) is 0.819. The van der Waals surface area contributed by atoms with E-state index in [0.717, 1.165) is 28.8 Å². The summed E-state index contributed by atoms with van der Waals surface area (Å²) in [4.78, 5) is 26.2. The molecule has 1 aliphatic heterocycles. The van der Waals surface area contributed by atoms with Crippen molar-refractivity contribution >= 4 is 17.6 Å². The van der Waals surface area contributed by atoms with Gasteiger partial charge in [-0.3, -0.25) is 4.79 Å². The highest BCUT2D eigenvalue weighted by molar-refractivity contribution is 5.98. The van der Waals surface area contributed by atoms with Crippen LogP contribution in [-0.4, -0.2) is 25.0 Å². The first-order valence-corrected chi connectivity index (χ1v) is 7.69. The van der Waals surface area contributed by atoms with Crippen LogP contribution in [0.5, 0.6) is 0 Å². The van der Waals surface area contributed by atoms with Gasteiger partial charge < -0.3 is 9.64 Å². The second-order valence-electron chi connectivity index (χ2n) is 5.82. The zero-order valence-corrected chi connectivity index (χ0v) is 13.3. The molecular formula is C19H19NO3. The van der Waals surface area contributed by atoms with Crippen molar-refractivity contribution < 1.29 is 14.3 Å². The first-order chi connectivity index (χ1) is 11.1. The maximum absolute atomic E-state index is 12.3. The van der Waals surface area contributed by atoms with E-state index >= 15 is 0 Å². The predicted molar refractivity (Wildman–Crippen MR) is 88.7 cm³/mol. The summed E-state index contributed by atoms with van der Waals surface area (Å²) >= 11 is 0. The lowest BCUT2D eigenvalue weighted by Crippen LogP contribution is -2.33. The van der Waals surface area contributed by atoms with Crippen LogP contribution < -0.4 is 4.90 Å². The second-order valence-corrected chi connectivity index (χ2v) is 5.82. The average molecular weight is 309 g/mol. The van der Waals surface area contributed by atoms with E-state index in [1.807, 2.05) is 50.2 Å². The van der Waals surface area contributed by atoms with Crippen LogP contribution in [0.1, 0.15) is 27.0 Å². The normalized spacial score (nSPS) is 12.9. The van der Waals surface area contributed by atoms with Crippen LogP contribution in [0.3, 0.4) is 0 Å². The molecule has 3 rings (SSSR count). The summed E-state index contributed by atoms with van der Waals surface area (Å²) in [5.74, 6) is -0.642. The van der Waals surface area contributed by atoms with Crippen molar-refractivity contribution in [1.82, 2.24) is 0 Å². The average Bonchev–Trinajstić information content (AvgIpc) is 2.96. The summed E-state index contributed by atoms with van der Waals surface area (Å²) in [6.45, 7) is 4.23. The number of rotatable bonds is 3. The Morgan fingerprint density at radius 1 is 1.13 bits per heavy atom. The van der Waals surface area contributed by atoms with E-state index in [1.54, 1.807) is 11.0 Å². The Morgan fingerprint density at radius 3 is 2.70 bits per heavy atom. The fourth-order valence-corrected chi connectivity index (χ4v) is 2.92. The Labute approximate surface area is 135 Å². The number of anilines is 1. The zero-order valence-electron chi connectivity index (χ0n) is 13.3. The summed E-state index contributed by atoms with van der Waals surface area (Å²) in [6, 6.07) is 13.3. The number of hydrogen-bond acceptors (Lipinski definition) is 3. The lowest BCUT2D eigenvalue weighted by molar-refractivity contribution is -0.121. The molecule has 0 saturated carbocycles. The van der Waals surface area contributed by atoms with Gasteiger partial charge in [0, 0.05) is 12.2 Å². The van der Waals surface area contributed by atoms with Gasteiger partial charge >= 0.3 is 5.97 Å². The Kier molecular flexibility index (Phi) is 4.15. The number of para-hydroxylation sites is 1. The van der Waals surface area contributed by atoms with Gasteiger partial charge in [0.15, 0.2) is 6.61 Å². The first kappa shape index (κ1) is 15.3. The van der Waals surface area contributed by atoms with Crippen LogP contribution in [0, 0.1) is 13.8 Å². The molecule has 0 aliphatic carbocycles. The number of carbonyl (C=O) groups excluding carboxylic acids is 2. The molecule has 23 heavy (non-hydrogen) atoms. The van der Waals surface area contributed by atoms with E-state index in [4.69, 9.17) is 4.74 Å². The van der Waals surface area contributed by atoms with Crippen LogP contribution in [0.25, 0.3) is 0 Å². The lowest BCUT2D eigenvalue weighted by atomic mass is 10.1. The molecule has 4 heteroatoms. The highest BCUT2D eigenvalue weighted by Gasteiger charge is 2.25. The molecule has 1 heterocycles. The fraction of sp³-hybridized carbons (Fsp3) is 0.263. The van der Waals surface area contributed by atoms with Gasteiger partial charge in [0.25, 0.3) is 5.91 Å². The van der Waals surface area contributed by atoms with Gasteiger partial charge in [0.05, 0.1) is 5.56 Å². The van der Waals surface area contributed by atoms with Crippen LogP contribution in [0.15, 0.2) is 42.5 Å². The number of esters is 1. The van der Waals surface area contributed by atoms with Gasteiger partial charge in [-0.2, -0.15) is 0 Å². The number of fused-ring (bicyclic) bond motifs is 1. The van der Waals surface area contributed by atoms with Crippen LogP contribution in [-0.2, 0) is 16.0 Å². The third-order valence-electron chi connectivity index (χ3n) is 4.12. The zero-order chi connectivity index (χ0) is 16.4. The molecule has 1 amide bonds. The molecule has 2 aromatic rings. The molecule has 0 spiro atoms.